The number of fused-ring (bicyclic) bond motifs is 1. The van der Waals surface area contributed by atoms with Gasteiger partial charge in [0.1, 0.15) is 5.75 Å². The molecule has 21 heavy (non-hydrogen) atoms. The Morgan fingerprint density at radius 2 is 2.24 bits per heavy atom. The zero-order valence-corrected chi connectivity index (χ0v) is 12.5. The van der Waals surface area contributed by atoms with Gasteiger partial charge in [0, 0.05) is 18.7 Å². The molecule has 4 nitrogen and oxygen atoms in total. The minimum Gasteiger partial charge on any atom is -0.482 e. The molecule has 1 aromatic carbocycles. The molecule has 4 heteroatoms. The Balaban J connectivity index is 1.64. The maximum Gasteiger partial charge on any atom is 0.179 e. The number of benzene rings is 1. The van der Waals surface area contributed by atoms with Crippen molar-refractivity contribution in [3.8, 4) is 5.75 Å². The number of hydrogen-bond donors (Lipinski definition) is 0. The van der Waals surface area contributed by atoms with Crippen LogP contribution in [0, 0.1) is 0 Å². The van der Waals surface area contributed by atoms with Gasteiger partial charge in [-0.05, 0) is 31.0 Å². The first-order valence-electron chi connectivity index (χ1n) is 7.48. The van der Waals surface area contributed by atoms with Crippen molar-refractivity contribution < 1.29 is 9.53 Å². The van der Waals surface area contributed by atoms with Crippen LogP contribution in [0.25, 0.3) is 0 Å². The van der Waals surface area contributed by atoms with Crippen molar-refractivity contribution >= 4 is 5.78 Å². The second-order valence-electron chi connectivity index (χ2n) is 5.61. The van der Waals surface area contributed by atoms with E-state index in [0.29, 0.717) is 18.9 Å². The molecule has 0 saturated carbocycles. The number of hydrogen-bond acceptors (Lipinski definition) is 3. The number of aromatic nitrogens is 2. The van der Waals surface area contributed by atoms with E-state index in [1.165, 1.54) is 0 Å². The molecule has 1 aliphatic heterocycles. The smallest absolute Gasteiger partial charge is 0.179 e. The topological polar surface area (TPSA) is 44.1 Å². The SMILES string of the molecule is CCC(C)n1ccc(CC(=O)C2Cc3ccccc3O2)n1. The Labute approximate surface area is 124 Å². The second kappa shape index (κ2) is 5.72. The highest BCUT2D eigenvalue weighted by Crippen LogP contribution is 2.28. The fourth-order valence-electron chi connectivity index (χ4n) is 2.56. The van der Waals surface area contributed by atoms with Gasteiger partial charge in [-0.2, -0.15) is 5.10 Å². The highest BCUT2D eigenvalue weighted by Gasteiger charge is 2.28. The fourth-order valence-corrected chi connectivity index (χ4v) is 2.56. The van der Waals surface area contributed by atoms with E-state index in [4.69, 9.17) is 4.74 Å². The van der Waals surface area contributed by atoms with Crippen LogP contribution in [0.3, 0.4) is 0 Å². The number of Topliss-reactive ketones (excluding diaryl/α,β-unsaturated/α-hetero) is 1. The lowest BCUT2D eigenvalue weighted by Gasteiger charge is -2.09. The Kier molecular flexibility index (Phi) is 3.78. The summed E-state index contributed by atoms with van der Waals surface area (Å²) in [5, 5.41) is 4.48. The molecule has 0 amide bonds. The van der Waals surface area contributed by atoms with Gasteiger partial charge in [0.25, 0.3) is 0 Å². The molecule has 0 fully saturated rings. The first-order valence-corrected chi connectivity index (χ1v) is 7.48. The Morgan fingerprint density at radius 1 is 1.43 bits per heavy atom. The molecule has 0 bridgehead atoms. The number of carbonyl (C=O) groups excluding carboxylic acids is 1. The fraction of sp³-hybridized carbons (Fsp3) is 0.412. The molecular weight excluding hydrogens is 264 g/mol. The monoisotopic (exact) mass is 284 g/mol. The molecule has 0 spiro atoms. The third kappa shape index (κ3) is 2.84. The molecular formula is C17H20N2O2. The summed E-state index contributed by atoms with van der Waals surface area (Å²) in [4.78, 5) is 12.4. The molecule has 0 radical (unpaired) electrons. The molecule has 2 atom stereocenters. The minimum atomic E-state index is -0.365. The summed E-state index contributed by atoms with van der Waals surface area (Å²) in [5.74, 6) is 0.932. The van der Waals surface area contributed by atoms with E-state index in [1.54, 1.807) is 0 Å². The maximum absolute atomic E-state index is 12.4. The average molecular weight is 284 g/mol. The van der Waals surface area contributed by atoms with Crippen molar-refractivity contribution in [2.45, 2.75) is 45.3 Å². The van der Waals surface area contributed by atoms with Crippen LogP contribution < -0.4 is 4.74 Å². The average Bonchev–Trinajstić information content (AvgIpc) is 3.12. The van der Waals surface area contributed by atoms with E-state index in [2.05, 4.69) is 18.9 Å². The van der Waals surface area contributed by atoms with Crippen molar-refractivity contribution in [1.82, 2.24) is 9.78 Å². The molecule has 2 aromatic rings. The quantitative estimate of drug-likeness (QED) is 0.848. The van der Waals surface area contributed by atoms with Crippen LogP contribution in [-0.4, -0.2) is 21.7 Å². The number of para-hydroxylation sites is 1. The van der Waals surface area contributed by atoms with Gasteiger partial charge in [0.15, 0.2) is 11.9 Å². The number of ketones is 1. The van der Waals surface area contributed by atoms with Gasteiger partial charge >= 0.3 is 0 Å². The van der Waals surface area contributed by atoms with E-state index in [-0.39, 0.29) is 11.9 Å². The number of ether oxygens (including phenoxy) is 1. The molecule has 2 unspecified atom stereocenters. The highest BCUT2D eigenvalue weighted by atomic mass is 16.5. The summed E-state index contributed by atoms with van der Waals surface area (Å²) < 4.78 is 7.66. The first-order chi connectivity index (χ1) is 10.2. The lowest BCUT2D eigenvalue weighted by Crippen LogP contribution is -2.27. The zero-order chi connectivity index (χ0) is 14.8. The van der Waals surface area contributed by atoms with Gasteiger partial charge < -0.3 is 4.74 Å². The summed E-state index contributed by atoms with van der Waals surface area (Å²) in [6.07, 6.45) is 3.61. The molecule has 0 aliphatic carbocycles. The number of carbonyl (C=O) groups is 1. The van der Waals surface area contributed by atoms with Crippen LogP contribution in [0.1, 0.15) is 37.6 Å². The summed E-state index contributed by atoms with van der Waals surface area (Å²) in [6, 6.07) is 10.1. The van der Waals surface area contributed by atoms with Gasteiger partial charge in [-0.1, -0.05) is 25.1 Å². The molecule has 1 aliphatic rings. The van der Waals surface area contributed by atoms with Crippen LogP contribution >= 0.6 is 0 Å². The summed E-state index contributed by atoms with van der Waals surface area (Å²) in [7, 11) is 0. The third-order valence-corrected chi connectivity index (χ3v) is 4.07. The summed E-state index contributed by atoms with van der Waals surface area (Å²) in [5.41, 5.74) is 1.93. The van der Waals surface area contributed by atoms with E-state index >= 15 is 0 Å². The molecule has 3 rings (SSSR count). The summed E-state index contributed by atoms with van der Waals surface area (Å²) in [6.45, 7) is 4.25. The number of nitrogens with zero attached hydrogens (tertiary/aromatic N) is 2. The van der Waals surface area contributed by atoms with Crippen molar-refractivity contribution in [2.75, 3.05) is 0 Å². The van der Waals surface area contributed by atoms with Gasteiger partial charge in [0.2, 0.25) is 0 Å². The standard InChI is InChI=1S/C17H20N2O2/c1-3-12(2)19-9-8-14(18-19)11-15(20)17-10-13-6-4-5-7-16(13)21-17/h4-9,12,17H,3,10-11H2,1-2H3. The molecule has 0 N–H and O–H groups in total. The molecule has 1 aromatic heterocycles. The Hall–Kier alpha value is -2.10. The zero-order valence-electron chi connectivity index (χ0n) is 12.5. The number of rotatable bonds is 5. The molecule has 0 saturated heterocycles. The predicted octanol–water partition coefficient (Wildman–Crippen LogP) is 2.97. The largest absolute Gasteiger partial charge is 0.482 e. The molecule has 2 heterocycles. The van der Waals surface area contributed by atoms with Gasteiger partial charge in [0.05, 0.1) is 12.1 Å². The van der Waals surface area contributed by atoms with Gasteiger partial charge in [-0.15, -0.1) is 0 Å². The lowest BCUT2D eigenvalue weighted by molar-refractivity contribution is -0.124. The van der Waals surface area contributed by atoms with Crippen LogP contribution in [0.4, 0.5) is 0 Å². The second-order valence-corrected chi connectivity index (χ2v) is 5.61. The van der Waals surface area contributed by atoms with Crippen molar-refractivity contribution in [2.24, 2.45) is 0 Å². The predicted molar refractivity (Wildman–Crippen MR) is 80.5 cm³/mol. The van der Waals surface area contributed by atoms with E-state index in [1.807, 2.05) is 41.2 Å². The van der Waals surface area contributed by atoms with E-state index in [0.717, 1.165) is 23.4 Å². The summed E-state index contributed by atoms with van der Waals surface area (Å²) >= 11 is 0. The van der Waals surface area contributed by atoms with Crippen LogP contribution in [0.15, 0.2) is 36.5 Å². The van der Waals surface area contributed by atoms with Gasteiger partial charge in [-0.3, -0.25) is 9.48 Å². The molecule has 110 valence electrons. The van der Waals surface area contributed by atoms with Gasteiger partial charge in [-0.25, -0.2) is 0 Å². The first kappa shape index (κ1) is 13.9. The van der Waals surface area contributed by atoms with E-state index in [9.17, 15) is 4.79 Å². The van der Waals surface area contributed by atoms with Crippen LogP contribution in [0.5, 0.6) is 5.75 Å². The Bertz CT molecular complexity index is 623. The van der Waals surface area contributed by atoms with E-state index < -0.39 is 0 Å². The maximum atomic E-state index is 12.4. The normalized spacial score (nSPS) is 18.1. The highest BCUT2D eigenvalue weighted by molar-refractivity contribution is 5.86. The lowest BCUT2D eigenvalue weighted by atomic mass is 10.0. The van der Waals surface area contributed by atoms with Crippen molar-refractivity contribution in [3.05, 3.63) is 47.8 Å². The minimum absolute atomic E-state index is 0.0978. The van der Waals surface area contributed by atoms with Crippen molar-refractivity contribution in [3.63, 3.8) is 0 Å². The van der Waals surface area contributed by atoms with Crippen LogP contribution in [0.2, 0.25) is 0 Å². The van der Waals surface area contributed by atoms with Crippen molar-refractivity contribution in [1.29, 1.82) is 0 Å². The van der Waals surface area contributed by atoms with Crippen LogP contribution in [-0.2, 0) is 17.6 Å². The third-order valence-electron chi connectivity index (χ3n) is 4.07. The Morgan fingerprint density at radius 3 is 3.00 bits per heavy atom.